The summed E-state index contributed by atoms with van der Waals surface area (Å²) in [5.74, 6) is -1.64. The molecule has 5 rings (SSSR count). The van der Waals surface area contributed by atoms with Gasteiger partial charge in [-0.2, -0.15) is 0 Å². The van der Waals surface area contributed by atoms with Crippen molar-refractivity contribution in [3.63, 3.8) is 0 Å². The smallest absolute Gasteiger partial charge is 0.253 e. The highest BCUT2D eigenvalue weighted by Gasteiger charge is 2.41. The van der Waals surface area contributed by atoms with Crippen LogP contribution < -0.4 is 10.6 Å². The summed E-state index contributed by atoms with van der Waals surface area (Å²) >= 11 is 3.34. The summed E-state index contributed by atoms with van der Waals surface area (Å²) in [4.78, 5) is 27.5. The summed E-state index contributed by atoms with van der Waals surface area (Å²) in [5, 5.41) is 5.78. The van der Waals surface area contributed by atoms with Crippen molar-refractivity contribution >= 4 is 49.0 Å². The number of hydrogen-bond acceptors (Lipinski definition) is 7. The Morgan fingerprint density at radius 3 is 2.54 bits per heavy atom. The van der Waals surface area contributed by atoms with E-state index in [2.05, 4.69) is 26.6 Å². The van der Waals surface area contributed by atoms with Crippen LogP contribution in [0.25, 0.3) is 0 Å². The van der Waals surface area contributed by atoms with E-state index in [9.17, 15) is 18.0 Å². The number of anilines is 2. The first-order valence-electron chi connectivity index (χ1n) is 11.5. The summed E-state index contributed by atoms with van der Waals surface area (Å²) in [7, 11) is -3.56. The van der Waals surface area contributed by atoms with Crippen LogP contribution >= 0.6 is 15.9 Å². The SMILES string of the molecule is O=C1Nc2cc(C(=O)N3CCC4(CC3)OCCO4)ccc2NC1CS(=O)(=O)Cc1cccc(Br)c1. The molecular weight excluding hydrogens is 538 g/mol. The number of likely N-dealkylation sites (tertiary alicyclic amines) is 1. The molecule has 186 valence electrons. The lowest BCUT2D eigenvalue weighted by Gasteiger charge is -2.37. The maximum Gasteiger partial charge on any atom is 0.253 e. The first-order chi connectivity index (χ1) is 16.7. The molecule has 3 aliphatic heterocycles. The lowest BCUT2D eigenvalue weighted by Crippen LogP contribution is -2.47. The Morgan fingerprint density at radius 1 is 1.09 bits per heavy atom. The van der Waals surface area contributed by atoms with Crippen molar-refractivity contribution in [1.82, 2.24) is 4.90 Å². The van der Waals surface area contributed by atoms with Crippen LogP contribution in [0.15, 0.2) is 46.9 Å². The van der Waals surface area contributed by atoms with E-state index >= 15 is 0 Å². The summed E-state index contributed by atoms with van der Waals surface area (Å²) in [6.45, 7) is 2.21. The van der Waals surface area contributed by atoms with Crippen LogP contribution in [0.5, 0.6) is 0 Å². The normalized spacial score (nSPS) is 21.3. The summed E-state index contributed by atoms with van der Waals surface area (Å²) in [6.07, 6.45) is 1.25. The second kappa shape index (κ2) is 9.53. The van der Waals surface area contributed by atoms with Crippen molar-refractivity contribution in [3.8, 4) is 0 Å². The van der Waals surface area contributed by atoms with E-state index < -0.39 is 27.6 Å². The van der Waals surface area contributed by atoms with Gasteiger partial charge in [-0.25, -0.2) is 8.42 Å². The Labute approximate surface area is 212 Å². The Balaban J connectivity index is 1.23. The van der Waals surface area contributed by atoms with Gasteiger partial charge in [0.2, 0.25) is 5.91 Å². The maximum absolute atomic E-state index is 13.0. The fourth-order valence-corrected chi connectivity index (χ4v) is 6.70. The Hall–Kier alpha value is -2.47. The van der Waals surface area contributed by atoms with E-state index in [-0.39, 0.29) is 17.4 Å². The number of carbonyl (C=O) groups is 2. The average molecular weight is 564 g/mol. The van der Waals surface area contributed by atoms with Crippen LogP contribution in [0.2, 0.25) is 0 Å². The van der Waals surface area contributed by atoms with Crippen molar-refractivity contribution in [2.75, 3.05) is 42.7 Å². The van der Waals surface area contributed by atoms with Gasteiger partial charge in [0.1, 0.15) is 6.04 Å². The molecule has 0 aliphatic carbocycles. The van der Waals surface area contributed by atoms with Crippen molar-refractivity contribution in [2.24, 2.45) is 0 Å². The molecule has 2 aromatic carbocycles. The van der Waals surface area contributed by atoms with E-state index in [1.807, 2.05) is 6.07 Å². The van der Waals surface area contributed by atoms with Crippen molar-refractivity contribution in [3.05, 3.63) is 58.1 Å². The Morgan fingerprint density at radius 2 is 1.83 bits per heavy atom. The zero-order chi connectivity index (χ0) is 24.6. The number of sulfone groups is 1. The number of amides is 2. The molecule has 2 N–H and O–H groups in total. The third kappa shape index (κ3) is 5.37. The first kappa shape index (κ1) is 24.2. The van der Waals surface area contributed by atoms with Gasteiger partial charge in [0.15, 0.2) is 15.6 Å². The molecule has 1 atom stereocenters. The van der Waals surface area contributed by atoms with Crippen molar-refractivity contribution in [1.29, 1.82) is 0 Å². The minimum Gasteiger partial charge on any atom is -0.371 e. The molecule has 2 aromatic rings. The molecule has 2 fully saturated rings. The molecule has 3 heterocycles. The zero-order valence-electron chi connectivity index (χ0n) is 19.0. The number of carbonyl (C=O) groups excluding carboxylic acids is 2. The number of halogens is 1. The van der Waals surface area contributed by atoms with Gasteiger partial charge in [-0.3, -0.25) is 9.59 Å². The Kier molecular flexibility index (Phi) is 6.60. The van der Waals surface area contributed by atoms with E-state index in [0.717, 1.165) is 4.47 Å². The van der Waals surface area contributed by atoms with Crippen molar-refractivity contribution < 1.29 is 27.5 Å². The molecule has 0 saturated carbocycles. The van der Waals surface area contributed by atoms with Gasteiger partial charge in [-0.05, 0) is 35.9 Å². The number of rotatable bonds is 5. The lowest BCUT2D eigenvalue weighted by atomic mass is 10.0. The van der Waals surface area contributed by atoms with Crippen molar-refractivity contribution in [2.45, 2.75) is 30.4 Å². The number of fused-ring (bicyclic) bond motifs is 1. The van der Waals surface area contributed by atoms with Gasteiger partial charge in [0, 0.05) is 36.0 Å². The number of ether oxygens (including phenoxy) is 2. The van der Waals surface area contributed by atoms with E-state index in [4.69, 9.17) is 9.47 Å². The quantitative estimate of drug-likeness (QED) is 0.574. The summed E-state index contributed by atoms with van der Waals surface area (Å²) < 4.78 is 37.7. The van der Waals surface area contributed by atoms with Gasteiger partial charge in [0.05, 0.1) is 36.1 Å². The third-order valence-corrected chi connectivity index (χ3v) is 8.60. The topological polar surface area (TPSA) is 114 Å². The first-order valence-corrected chi connectivity index (χ1v) is 14.1. The molecule has 2 amide bonds. The molecule has 3 aliphatic rings. The maximum atomic E-state index is 13.0. The predicted octanol–water partition coefficient (Wildman–Crippen LogP) is 2.78. The number of nitrogens with zero attached hydrogens (tertiary/aromatic N) is 1. The van der Waals surface area contributed by atoms with Gasteiger partial charge in [-0.1, -0.05) is 28.1 Å². The minimum absolute atomic E-state index is 0.131. The predicted molar refractivity (Wildman–Crippen MR) is 134 cm³/mol. The number of hydrogen-bond donors (Lipinski definition) is 2. The molecule has 0 radical (unpaired) electrons. The highest BCUT2D eigenvalue weighted by molar-refractivity contribution is 9.10. The van der Waals surface area contributed by atoms with Crippen LogP contribution in [-0.2, 0) is 29.9 Å². The molecule has 2 saturated heterocycles. The van der Waals surface area contributed by atoms with Gasteiger partial charge in [0.25, 0.3) is 5.91 Å². The largest absolute Gasteiger partial charge is 0.371 e. The van der Waals surface area contributed by atoms with Gasteiger partial charge in [-0.15, -0.1) is 0 Å². The van der Waals surface area contributed by atoms with Crippen LogP contribution in [-0.4, -0.2) is 69.0 Å². The highest BCUT2D eigenvalue weighted by Crippen LogP contribution is 2.33. The van der Waals surface area contributed by atoms with E-state index in [0.29, 0.717) is 61.6 Å². The zero-order valence-corrected chi connectivity index (χ0v) is 21.4. The number of piperidine rings is 1. The fourth-order valence-electron chi connectivity index (χ4n) is 4.71. The van der Waals surface area contributed by atoms with Gasteiger partial charge >= 0.3 is 0 Å². The molecule has 1 unspecified atom stereocenters. The molecule has 0 aromatic heterocycles. The summed E-state index contributed by atoms with van der Waals surface area (Å²) in [5.41, 5.74) is 2.14. The second-order valence-electron chi connectivity index (χ2n) is 9.03. The monoisotopic (exact) mass is 563 g/mol. The molecule has 11 heteroatoms. The minimum atomic E-state index is -3.56. The van der Waals surface area contributed by atoms with E-state index in [1.165, 1.54) is 0 Å². The van der Waals surface area contributed by atoms with E-state index in [1.54, 1.807) is 41.3 Å². The summed E-state index contributed by atoms with van der Waals surface area (Å²) in [6, 6.07) is 11.2. The standard InChI is InChI=1S/C24H26BrN3O6S/c25-18-3-1-2-16(12-18)14-35(31,32)15-21-22(29)27-20-13-17(4-5-19(20)26-21)23(30)28-8-6-24(7-9-28)33-10-11-34-24/h1-5,12-13,21,26H,6-11,14-15H2,(H,27,29). The highest BCUT2D eigenvalue weighted by atomic mass is 79.9. The molecular formula is C24H26BrN3O6S. The van der Waals surface area contributed by atoms with Gasteiger partial charge < -0.3 is 25.0 Å². The molecule has 0 bridgehead atoms. The van der Waals surface area contributed by atoms with Crippen LogP contribution in [0, 0.1) is 0 Å². The number of nitrogens with one attached hydrogen (secondary N) is 2. The molecule has 35 heavy (non-hydrogen) atoms. The number of benzene rings is 2. The fraction of sp³-hybridized carbons (Fsp3) is 0.417. The van der Waals surface area contributed by atoms with Crippen LogP contribution in [0.3, 0.4) is 0 Å². The lowest BCUT2D eigenvalue weighted by molar-refractivity contribution is -0.181. The second-order valence-corrected chi connectivity index (χ2v) is 12.1. The average Bonchev–Trinajstić information content (AvgIpc) is 3.26. The van der Waals surface area contributed by atoms with Crippen LogP contribution in [0.1, 0.15) is 28.8 Å². The third-order valence-electron chi connectivity index (χ3n) is 6.49. The van der Waals surface area contributed by atoms with Crippen LogP contribution in [0.4, 0.5) is 11.4 Å². The Bertz CT molecular complexity index is 1250. The molecule has 9 nitrogen and oxygen atoms in total. The molecule has 1 spiro atoms.